The van der Waals surface area contributed by atoms with Crippen molar-refractivity contribution >= 4 is 5.97 Å². The first-order valence-electron chi connectivity index (χ1n) is 5.02. The molecule has 13 heavy (non-hydrogen) atoms. The van der Waals surface area contributed by atoms with Crippen molar-refractivity contribution < 1.29 is 9.53 Å². The summed E-state index contributed by atoms with van der Waals surface area (Å²) >= 11 is 0. The zero-order valence-corrected chi connectivity index (χ0v) is 8.45. The third-order valence-electron chi connectivity index (χ3n) is 2.83. The van der Waals surface area contributed by atoms with Gasteiger partial charge in [0.05, 0.1) is 0 Å². The van der Waals surface area contributed by atoms with Gasteiger partial charge in [0.25, 0.3) is 0 Å². The van der Waals surface area contributed by atoms with Crippen LogP contribution in [0.4, 0.5) is 0 Å². The molecular weight excluding hydrogens is 166 g/mol. The van der Waals surface area contributed by atoms with E-state index < -0.39 is 0 Å². The zero-order chi connectivity index (χ0) is 9.84. The van der Waals surface area contributed by atoms with Crippen molar-refractivity contribution in [3.63, 3.8) is 0 Å². The summed E-state index contributed by atoms with van der Waals surface area (Å²) in [6, 6.07) is 0.362. The van der Waals surface area contributed by atoms with Crippen molar-refractivity contribution in [1.82, 2.24) is 0 Å². The number of nitrogens with two attached hydrogens (primary N) is 1. The van der Waals surface area contributed by atoms with E-state index in [-0.39, 0.29) is 12.1 Å². The summed E-state index contributed by atoms with van der Waals surface area (Å²) in [5.74, 6) is 0.339. The van der Waals surface area contributed by atoms with Gasteiger partial charge in [0.1, 0.15) is 6.10 Å². The molecule has 1 aliphatic rings. The number of rotatable bonds is 2. The number of esters is 1. The second-order valence-corrected chi connectivity index (χ2v) is 3.99. The van der Waals surface area contributed by atoms with Crippen LogP contribution in [0.3, 0.4) is 0 Å². The number of carbonyl (C=O) groups is 1. The van der Waals surface area contributed by atoms with E-state index in [1.165, 1.54) is 6.92 Å². The summed E-state index contributed by atoms with van der Waals surface area (Å²) in [5, 5.41) is 0. The first kappa shape index (κ1) is 10.5. The summed E-state index contributed by atoms with van der Waals surface area (Å²) in [6.07, 6.45) is 4.38. The van der Waals surface area contributed by atoms with Crippen LogP contribution in [0.1, 0.15) is 39.5 Å². The summed E-state index contributed by atoms with van der Waals surface area (Å²) < 4.78 is 5.15. The highest BCUT2D eigenvalue weighted by atomic mass is 16.5. The zero-order valence-electron chi connectivity index (χ0n) is 8.45. The maximum absolute atomic E-state index is 10.7. The van der Waals surface area contributed by atoms with Crippen LogP contribution in [0.2, 0.25) is 0 Å². The molecule has 0 amide bonds. The Morgan fingerprint density at radius 2 is 1.92 bits per heavy atom. The van der Waals surface area contributed by atoms with Gasteiger partial charge in [-0.2, -0.15) is 0 Å². The van der Waals surface area contributed by atoms with Gasteiger partial charge in [0.2, 0.25) is 0 Å². The average Bonchev–Trinajstić information content (AvgIpc) is 2.04. The fourth-order valence-corrected chi connectivity index (χ4v) is 1.97. The Balaban J connectivity index is 2.31. The normalized spacial score (nSPS) is 31.0. The lowest BCUT2D eigenvalue weighted by Crippen LogP contribution is -2.32. The molecule has 0 aliphatic heterocycles. The summed E-state index contributed by atoms with van der Waals surface area (Å²) in [6.45, 7) is 3.44. The minimum absolute atomic E-state index is 0.0602. The fourth-order valence-electron chi connectivity index (χ4n) is 1.97. The highest BCUT2D eigenvalue weighted by Gasteiger charge is 2.24. The van der Waals surface area contributed by atoms with Crippen LogP contribution in [-0.4, -0.2) is 18.1 Å². The molecule has 3 nitrogen and oxygen atoms in total. The van der Waals surface area contributed by atoms with Crippen molar-refractivity contribution in [2.45, 2.75) is 51.7 Å². The Kier molecular flexibility index (Phi) is 3.72. The predicted molar refractivity (Wildman–Crippen MR) is 51.2 cm³/mol. The van der Waals surface area contributed by atoms with E-state index in [1.54, 1.807) is 0 Å². The van der Waals surface area contributed by atoms with E-state index >= 15 is 0 Å². The molecule has 0 aromatic heterocycles. The Morgan fingerprint density at radius 3 is 2.38 bits per heavy atom. The minimum atomic E-state index is -0.178. The van der Waals surface area contributed by atoms with Crippen LogP contribution >= 0.6 is 0 Å². The molecule has 0 spiro atoms. The quantitative estimate of drug-likeness (QED) is 0.662. The number of hydrogen-bond acceptors (Lipinski definition) is 3. The van der Waals surface area contributed by atoms with Crippen molar-refractivity contribution in [3.05, 3.63) is 0 Å². The molecule has 0 aromatic rings. The van der Waals surface area contributed by atoms with Gasteiger partial charge in [-0.25, -0.2) is 0 Å². The molecule has 2 N–H and O–H groups in total. The Labute approximate surface area is 79.6 Å². The van der Waals surface area contributed by atoms with Gasteiger partial charge in [-0.15, -0.1) is 0 Å². The van der Waals surface area contributed by atoms with E-state index in [9.17, 15) is 4.79 Å². The third-order valence-corrected chi connectivity index (χ3v) is 2.83. The third kappa shape index (κ3) is 3.35. The Bertz CT molecular complexity index is 174. The highest BCUT2D eigenvalue weighted by Crippen LogP contribution is 2.27. The van der Waals surface area contributed by atoms with E-state index in [0.29, 0.717) is 12.0 Å². The summed E-state index contributed by atoms with van der Waals surface area (Å²) in [7, 11) is 0. The standard InChI is InChI=1S/C10H19NO2/c1-7(13-8(2)12)9-3-5-10(11)6-4-9/h7,9-10H,3-6,11H2,1-2H3. The van der Waals surface area contributed by atoms with Crippen LogP contribution in [-0.2, 0) is 9.53 Å². The molecule has 0 radical (unpaired) electrons. The second kappa shape index (κ2) is 4.61. The lowest BCUT2D eigenvalue weighted by Gasteiger charge is -2.29. The molecule has 1 atom stereocenters. The maximum atomic E-state index is 10.7. The number of ether oxygens (including phenoxy) is 1. The number of carbonyl (C=O) groups excluding carboxylic acids is 1. The molecule has 1 aliphatic carbocycles. The van der Waals surface area contributed by atoms with Crippen molar-refractivity contribution in [3.8, 4) is 0 Å². The SMILES string of the molecule is CC(=O)OC(C)C1CCC(N)CC1. The summed E-state index contributed by atoms with van der Waals surface area (Å²) in [4.78, 5) is 10.7. The van der Waals surface area contributed by atoms with E-state index in [1.807, 2.05) is 6.92 Å². The summed E-state index contributed by atoms with van der Waals surface area (Å²) in [5.41, 5.74) is 5.79. The van der Waals surface area contributed by atoms with Crippen LogP contribution in [0.15, 0.2) is 0 Å². The Morgan fingerprint density at radius 1 is 1.38 bits per heavy atom. The van der Waals surface area contributed by atoms with Crippen LogP contribution in [0.5, 0.6) is 0 Å². The first-order valence-corrected chi connectivity index (χ1v) is 5.02. The molecule has 1 unspecified atom stereocenters. The topological polar surface area (TPSA) is 52.3 Å². The predicted octanol–water partition coefficient (Wildman–Crippen LogP) is 1.46. The molecule has 76 valence electrons. The van der Waals surface area contributed by atoms with E-state index in [4.69, 9.17) is 10.5 Å². The van der Waals surface area contributed by atoms with Gasteiger partial charge in [-0.3, -0.25) is 4.79 Å². The van der Waals surface area contributed by atoms with Crippen molar-refractivity contribution in [2.24, 2.45) is 11.7 Å². The molecule has 1 rings (SSSR count). The molecular formula is C10H19NO2. The first-order chi connectivity index (χ1) is 6.09. The van der Waals surface area contributed by atoms with Gasteiger partial charge in [-0.1, -0.05) is 0 Å². The largest absolute Gasteiger partial charge is 0.463 e. The smallest absolute Gasteiger partial charge is 0.302 e. The molecule has 1 fully saturated rings. The lowest BCUT2D eigenvalue weighted by atomic mass is 9.83. The average molecular weight is 185 g/mol. The molecule has 1 saturated carbocycles. The molecule has 3 heteroatoms. The molecule has 0 heterocycles. The Hall–Kier alpha value is -0.570. The van der Waals surface area contributed by atoms with E-state index in [2.05, 4.69) is 0 Å². The monoisotopic (exact) mass is 185 g/mol. The number of hydrogen-bond donors (Lipinski definition) is 1. The van der Waals surface area contributed by atoms with Gasteiger partial charge < -0.3 is 10.5 Å². The molecule has 0 bridgehead atoms. The van der Waals surface area contributed by atoms with Crippen molar-refractivity contribution in [2.75, 3.05) is 0 Å². The van der Waals surface area contributed by atoms with Gasteiger partial charge in [0, 0.05) is 13.0 Å². The second-order valence-electron chi connectivity index (χ2n) is 3.99. The van der Waals surface area contributed by atoms with Gasteiger partial charge in [-0.05, 0) is 38.5 Å². The molecule has 0 saturated heterocycles. The fraction of sp³-hybridized carbons (Fsp3) is 0.900. The van der Waals surface area contributed by atoms with Crippen LogP contribution in [0, 0.1) is 5.92 Å². The van der Waals surface area contributed by atoms with Crippen LogP contribution < -0.4 is 5.73 Å². The maximum Gasteiger partial charge on any atom is 0.302 e. The van der Waals surface area contributed by atoms with Gasteiger partial charge in [0.15, 0.2) is 0 Å². The van der Waals surface area contributed by atoms with Crippen LogP contribution in [0.25, 0.3) is 0 Å². The van der Waals surface area contributed by atoms with Gasteiger partial charge >= 0.3 is 5.97 Å². The van der Waals surface area contributed by atoms with Crippen molar-refractivity contribution in [1.29, 1.82) is 0 Å². The van der Waals surface area contributed by atoms with E-state index in [0.717, 1.165) is 25.7 Å². The molecule has 0 aromatic carbocycles. The lowest BCUT2D eigenvalue weighted by molar-refractivity contribution is -0.148. The minimum Gasteiger partial charge on any atom is -0.463 e. The highest BCUT2D eigenvalue weighted by molar-refractivity contribution is 5.66.